The summed E-state index contributed by atoms with van der Waals surface area (Å²) in [5.74, 6) is 0. The number of likely N-dealkylation sites (N-methyl/N-ethyl adjacent to an activating group) is 3. The summed E-state index contributed by atoms with van der Waals surface area (Å²) in [4.78, 5) is 4.45. The molecule has 0 radical (unpaired) electrons. The maximum absolute atomic E-state index is 9.83. The number of aliphatic hydroxyl groups excluding tert-OH is 1. The standard InChI is InChI=1S/C16H39N4O/c1-7-8-16(21)15-19(4)12-14-20(5,6)13-10-17-9-11-18(2)3/h16-17,21H,7-15H2,1-6H3/q+1. The number of nitrogens with one attached hydrogen (secondary N) is 1. The summed E-state index contributed by atoms with van der Waals surface area (Å²) in [6.07, 6.45) is 1.77. The van der Waals surface area contributed by atoms with Crippen LogP contribution in [0.2, 0.25) is 0 Å². The highest BCUT2D eigenvalue weighted by Crippen LogP contribution is 2.01. The fourth-order valence-electron chi connectivity index (χ4n) is 2.24. The van der Waals surface area contributed by atoms with Crippen LogP contribution in [0.1, 0.15) is 19.8 Å². The highest BCUT2D eigenvalue weighted by Gasteiger charge is 2.16. The maximum Gasteiger partial charge on any atom is 0.0912 e. The second-order valence-corrected chi connectivity index (χ2v) is 7.14. The Balaban J connectivity index is 3.75. The first-order chi connectivity index (χ1) is 9.76. The molecule has 0 aliphatic carbocycles. The van der Waals surface area contributed by atoms with Gasteiger partial charge in [-0.2, -0.15) is 0 Å². The van der Waals surface area contributed by atoms with Crippen molar-refractivity contribution in [2.75, 3.05) is 81.1 Å². The summed E-state index contributed by atoms with van der Waals surface area (Å²) >= 11 is 0. The Labute approximate surface area is 132 Å². The Kier molecular flexibility index (Phi) is 11.3. The average Bonchev–Trinajstić information content (AvgIpc) is 2.36. The van der Waals surface area contributed by atoms with Crippen molar-refractivity contribution in [1.29, 1.82) is 0 Å². The normalized spacial score (nSPS) is 14.1. The van der Waals surface area contributed by atoms with Crippen LogP contribution in [0.25, 0.3) is 0 Å². The number of aliphatic hydroxyl groups is 1. The first kappa shape index (κ1) is 20.8. The molecule has 0 spiro atoms. The summed E-state index contributed by atoms with van der Waals surface area (Å²) in [7, 11) is 10.9. The lowest BCUT2D eigenvalue weighted by Crippen LogP contribution is -2.49. The van der Waals surface area contributed by atoms with Crippen molar-refractivity contribution >= 4 is 0 Å². The number of quaternary nitrogens is 1. The molecule has 0 aromatic heterocycles. The monoisotopic (exact) mass is 303 g/mol. The van der Waals surface area contributed by atoms with Gasteiger partial charge in [0.15, 0.2) is 0 Å². The second kappa shape index (κ2) is 11.4. The molecule has 5 nitrogen and oxygen atoms in total. The number of hydrogen-bond donors (Lipinski definition) is 2. The predicted molar refractivity (Wildman–Crippen MR) is 91.7 cm³/mol. The van der Waals surface area contributed by atoms with Crippen molar-refractivity contribution in [3.05, 3.63) is 0 Å². The van der Waals surface area contributed by atoms with Gasteiger partial charge in [0, 0.05) is 32.7 Å². The largest absolute Gasteiger partial charge is 0.392 e. The molecule has 0 aliphatic heterocycles. The molecule has 0 saturated carbocycles. The molecule has 0 rings (SSSR count). The highest BCUT2D eigenvalue weighted by atomic mass is 16.3. The predicted octanol–water partition coefficient (Wildman–Crippen LogP) is 0.307. The molecular weight excluding hydrogens is 264 g/mol. The second-order valence-electron chi connectivity index (χ2n) is 7.14. The van der Waals surface area contributed by atoms with Gasteiger partial charge in [0.05, 0.1) is 33.3 Å². The summed E-state index contributed by atoms with van der Waals surface area (Å²) in [6.45, 7) is 9.39. The van der Waals surface area contributed by atoms with E-state index in [0.29, 0.717) is 0 Å². The van der Waals surface area contributed by atoms with Crippen molar-refractivity contribution in [3.8, 4) is 0 Å². The summed E-state index contributed by atoms with van der Waals surface area (Å²) in [5, 5.41) is 13.3. The van der Waals surface area contributed by atoms with E-state index in [9.17, 15) is 5.11 Å². The first-order valence-electron chi connectivity index (χ1n) is 8.31. The third-order valence-electron chi connectivity index (χ3n) is 3.86. The van der Waals surface area contributed by atoms with Crippen molar-refractivity contribution in [1.82, 2.24) is 15.1 Å². The zero-order valence-electron chi connectivity index (χ0n) is 15.2. The molecule has 1 atom stereocenters. The molecule has 0 heterocycles. The van der Waals surface area contributed by atoms with E-state index < -0.39 is 0 Å². The minimum atomic E-state index is -0.177. The minimum absolute atomic E-state index is 0.177. The van der Waals surface area contributed by atoms with Crippen LogP contribution in [0, 0.1) is 0 Å². The van der Waals surface area contributed by atoms with Crippen LogP contribution in [0.4, 0.5) is 0 Å². The van der Waals surface area contributed by atoms with Gasteiger partial charge in [-0.25, -0.2) is 0 Å². The van der Waals surface area contributed by atoms with Gasteiger partial charge < -0.3 is 19.8 Å². The lowest BCUT2D eigenvalue weighted by Gasteiger charge is -2.32. The van der Waals surface area contributed by atoms with E-state index in [-0.39, 0.29) is 6.10 Å². The molecule has 2 N–H and O–H groups in total. The van der Waals surface area contributed by atoms with Crippen molar-refractivity contribution < 1.29 is 9.59 Å². The molecule has 21 heavy (non-hydrogen) atoms. The molecule has 0 saturated heterocycles. The van der Waals surface area contributed by atoms with Gasteiger partial charge in [-0.05, 0) is 27.6 Å². The lowest BCUT2D eigenvalue weighted by molar-refractivity contribution is -0.888. The minimum Gasteiger partial charge on any atom is -0.392 e. The van der Waals surface area contributed by atoms with Gasteiger partial charge in [0.1, 0.15) is 0 Å². The zero-order valence-corrected chi connectivity index (χ0v) is 15.2. The molecular formula is C16H39N4O+. The molecule has 0 amide bonds. The number of nitrogens with zero attached hydrogens (tertiary/aromatic N) is 3. The first-order valence-corrected chi connectivity index (χ1v) is 8.31. The summed E-state index contributed by atoms with van der Waals surface area (Å²) in [5.41, 5.74) is 0. The van der Waals surface area contributed by atoms with Gasteiger partial charge in [0.25, 0.3) is 0 Å². The van der Waals surface area contributed by atoms with Crippen molar-refractivity contribution in [2.45, 2.75) is 25.9 Å². The van der Waals surface area contributed by atoms with E-state index in [1.165, 1.54) is 0 Å². The van der Waals surface area contributed by atoms with Gasteiger partial charge in [-0.3, -0.25) is 4.90 Å². The van der Waals surface area contributed by atoms with Crippen LogP contribution in [0.15, 0.2) is 0 Å². The van der Waals surface area contributed by atoms with Crippen molar-refractivity contribution in [3.63, 3.8) is 0 Å². The molecule has 0 fully saturated rings. The fraction of sp³-hybridized carbons (Fsp3) is 1.00. The molecule has 0 aromatic rings. The van der Waals surface area contributed by atoms with Crippen LogP contribution in [-0.2, 0) is 0 Å². The van der Waals surface area contributed by atoms with E-state index in [2.05, 4.69) is 57.3 Å². The highest BCUT2D eigenvalue weighted by molar-refractivity contribution is 4.60. The van der Waals surface area contributed by atoms with E-state index in [0.717, 1.165) is 63.1 Å². The quantitative estimate of drug-likeness (QED) is 0.379. The third-order valence-corrected chi connectivity index (χ3v) is 3.86. The topological polar surface area (TPSA) is 38.7 Å². The lowest BCUT2D eigenvalue weighted by atomic mass is 10.2. The fourth-order valence-corrected chi connectivity index (χ4v) is 2.24. The molecule has 0 aliphatic rings. The Morgan fingerprint density at radius 2 is 1.71 bits per heavy atom. The van der Waals surface area contributed by atoms with Crippen LogP contribution in [0.3, 0.4) is 0 Å². The Hall–Kier alpha value is -0.200. The molecule has 0 aromatic carbocycles. The van der Waals surface area contributed by atoms with Crippen molar-refractivity contribution in [2.24, 2.45) is 0 Å². The van der Waals surface area contributed by atoms with Crippen LogP contribution in [-0.4, -0.2) is 107 Å². The molecule has 1 unspecified atom stereocenters. The molecule has 128 valence electrons. The third kappa shape index (κ3) is 13.2. The molecule has 0 bridgehead atoms. The van der Waals surface area contributed by atoms with Gasteiger partial charge in [-0.1, -0.05) is 13.3 Å². The molecule has 5 heteroatoms. The van der Waals surface area contributed by atoms with Crippen LogP contribution < -0.4 is 5.32 Å². The van der Waals surface area contributed by atoms with E-state index in [4.69, 9.17) is 0 Å². The van der Waals surface area contributed by atoms with E-state index in [1.807, 2.05) is 0 Å². The average molecular weight is 304 g/mol. The Bertz CT molecular complexity index is 246. The van der Waals surface area contributed by atoms with Gasteiger partial charge >= 0.3 is 0 Å². The smallest absolute Gasteiger partial charge is 0.0912 e. The Morgan fingerprint density at radius 3 is 2.29 bits per heavy atom. The van der Waals surface area contributed by atoms with E-state index in [1.54, 1.807) is 0 Å². The number of rotatable bonds is 13. The Morgan fingerprint density at radius 1 is 1.05 bits per heavy atom. The maximum atomic E-state index is 9.83. The summed E-state index contributed by atoms with van der Waals surface area (Å²) in [6, 6.07) is 0. The zero-order chi connectivity index (χ0) is 16.3. The van der Waals surface area contributed by atoms with Gasteiger partial charge in [-0.15, -0.1) is 0 Å². The SMILES string of the molecule is CCCC(O)CN(C)CC[N+](C)(C)CCNCCN(C)C. The number of hydrogen-bond acceptors (Lipinski definition) is 4. The van der Waals surface area contributed by atoms with Crippen LogP contribution in [0.5, 0.6) is 0 Å². The summed E-state index contributed by atoms with van der Waals surface area (Å²) < 4.78 is 1.02. The van der Waals surface area contributed by atoms with Gasteiger partial charge in [0.2, 0.25) is 0 Å². The van der Waals surface area contributed by atoms with Crippen LogP contribution >= 0.6 is 0 Å². The van der Waals surface area contributed by atoms with E-state index >= 15 is 0 Å².